The molecule has 0 aliphatic carbocycles. The van der Waals surface area contributed by atoms with Gasteiger partial charge in [-0.25, -0.2) is 4.79 Å². The minimum atomic E-state index is -0.394. The number of ether oxygens (including phenoxy) is 4. The van der Waals surface area contributed by atoms with E-state index in [0.717, 1.165) is 30.9 Å². The molecule has 5 nitrogen and oxygen atoms in total. The lowest BCUT2D eigenvalue weighted by Crippen LogP contribution is -2.27. The van der Waals surface area contributed by atoms with Crippen LogP contribution in [0.5, 0.6) is 11.5 Å². The fourth-order valence-corrected chi connectivity index (χ4v) is 4.19. The van der Waals surface area contributed by atoms with Gasteiger partial charge in [-0.3, -0.25) is 0 Å². The van der Waals surface area contributed by atoms with Gasteiger partial charge in [0.05, 0.1) is 25.4 Å². The van der Waals surface area contributed by atoms with E-state index < -0.39 is 5.97 Å². The van der Waals surface area contributed by atoms with Gasteiger partial charge in [0.25, 0.3) is 0 Å². The molecule has 5 heteroatoms. The Labute approximate surface area is 217 Å². The molecule has 1 heterocycles. The molecular formula is C31H44O5. The summed E-state index contributed by atoms with van der Waals surface area (Å²) >= 11 is 0. The van der Waals surface area contributed by atoms with Crippen LogP contribution >= 0.6 is 0 Å². The lowest BCUT2D eigenvalue weighted by Gasteiger charge is -2.29. The summed E-state index contributed by atoms with van der Waals surface area (Å²) < 4.78 is 23.3. The number of carbonyl (C=O) groups excluding carboxylic acids is 1. The zero-order valence-corrected chi connectivity index (χ0v) is 22.4. The predicted octanol–water partition coefficient (Wildman–Crippen LogP) is 8.13. The lowest BCUT2D eigenvalue weighted by molar-refractivity contribution is -0.206. The molecule has 0 aromatic heterocycles. The molecule has 0 bridgehead atoms. The average Bonchev–Trinajstić information content (AvgIpc) is 2.92. The van der Waals surface area contributed by atoms with Crippen molar-refractivity contribution >= 4 is 5.97 Å². The van der Waals surface area contributed by atoms with Crippen LogP contribution in [-0.2, 0) is 9.47 Å². The van der Waals surface area contributed by atoms with Crippen molar-refractivity contribution in [1.29, 1.82) is 0 Å². The number of rotatable bonds is 15. The molecule has 1 aliphatic heterocycles. The van der Waals surface area contributed by atoms with Gasteiger partial charge in [-0.05, 0) is 48.7 Å². The number of esters is 1. The Morgan fingerprint density at radius 3 is 2.11 bits per heavy atom. The maximum atomic E-state index is 12.5. The molecular weight excluding hydrogens is 452 g/mol. The Balaban J connectivity index is 1.37. The van der Waals surface area contributed by atoms with Gasteiger partial charge < -0.3 is 18.9 Å². The largest absolute Gasteiger partial charge is 0.493 e. The third-order valence-electron chi connectivity index (χ3n) is 6.87. The first-order valence-electron chi connectivity index (χ1n) is 13.9. The van der Waals surface area contributed by atoms with E-state index in [2.05, 4.69) is 20.8 Å². The number of benzene rings is 2. The second-order valence-electron chi connectivity index (χ2n) is 10.1. The van der Waals surface area contributed by atoms with Gasteiger partial charge >= 0.3 is 5.97 Å². The number of hydrogen-bond acceptors (Lipinski definition) is 5. The number of hydrogen-bond donors (Lipinski definition) is 0. The monoisotopic (exact) mass is 496 g/mol. The maximum Gasteiger partial charge on any atom is 0.343 e. The second-order valence-corrected chi connectivity index (χ2v) is 10.1. The maximum absolute atomic E-state index is 12.5. The first-order valence-corrected chi connectivity index (χ1v) is 13.9. The van der Waals surface area contributed by atoms with E-state index in [1.165, 1.54) is 51.4 Å². The van der Waals surface area contributed by atoms with Gasteiger partial charge in [0.2, 0.25) is 0 Å². The fraction of sp³-hybridized carbons (Fsp3) is 0.581. The second kappa shape index (κ2) is 15.7. The van der Waals surface area contributed by atoms with Crippen LogP contribution in [0, 0.1) is 11.8 Å². The van der Waals surface area contributed by atoms with Crippen molar-refractivity contribution in [3.63, 3.8) is 0 Å². The highest BCUT2D eigenvalue weighted by molar-refractivity contribution is 5.91. The molecule has 0 radical (unpaired) electrons. The van der Waals surface area contributed by atoms with E-state index in [9.17, 15) is 4.79 Å². The SMILES string of the molecule is CCCCCCCCCC1COC(c2ccc(OC(=O)c3ccc(OC[C@@H](C)CC)cc3)cc2)OC1. The van der Waals surface area contributed by atoms with Crippen molar-refractivity contribution in [3.05, 3.63) is 59.7 Å². The fourth-order valence-electron chi connectivity index (χ4n) is 4.19. The van der Waals surface area contributed by atoms with Crippen LogP contribution in [0.25, 0.3) is 0 Å². The van der Waals surface area contributed by atoms with E-state index in [0.29, 0.717) is 29.8 Å². The molecule has 3 rings (SSSR count). The van der Waals surface area contributed by atoms with Crippen molar-refractivity contribution in [3.8, 4) is 11.5 Å². The first kappa shape index (κ1) is 28.2. The van der Waals surface area contributed by atoms with Crippen molar-refractivity contribution in [1.82, 2.24) is 0 Å². The van der Waals surface area contributed by atoms with Crippen LogP contribution in [0.2, 0.25) is 0 Å². The molecule has 0 spiro atoms. The van der Waals surface area contributed by atoms with Gasteiger partial charge in [0, 0.05) is 11.5 Å². The molecule has 1 aliphatic rings. The molecule has 2 aromatic rings. The van der Waals surface area contributed by atoms with Gasteiger partial charge in [-0.2, -0.15) is 0 Å². The molecule has 1 saturated heterocycles. The molecule has 0 N–H and O–H groups in total. The third kappa shape index (κ3) is 9.59. The summed E-state index contributed by atoms with van der Waals surface area (Å²) in [7, 11) is 0. The predicted molar refractivity (Wildman–Crippen MR) is 144 cm³/mol. The summed E-state index contributed by atoms with van der Waals surface area (Å²) in [4.78, 5) is 12.5. The Kier molecular flexibility index (Phi) is 12.3. The van der Waals surface area contributed by atoms with E-state index in [1.807, 2.05) is 12.1 Å². The van der Waals surface area contributed by atoms with Crippen molar-refractivity contribution in [2.75, 3.05) is 19.8 Å². The summed E-state index contributed by atoms with van der Waals surface area (Å²) in [6.45, 7) is 8.68. The molecule has 36 heavy (non-hydrogen) atoms. The van der Waals surface area contributed by atoms with Crippen molar-refractivity contribution in [2.24, 2.45) is 11.8 Å². The number of unbranched alkanes of at least 4 members (excludes halogenated alkanes) is 6. The summed E-state index contributed by atoms with van der Waals surface area (Å²) in [6.07, 6.45) is 11.2. The van der Waals surface area contributed by atoms with E-state index in [4.69, 9.17) is 18.9 Å². The Bertz CT molecular complexity index is 869. The van der Waals surface area contributed by atoms with Crippen LogP contribution in [0.3, 0.4) is 0 Å². The Hall–Kier alpha value is -2.37. The summed E-state index contributed by atoms with van der Waals surface area (Å²) in [5, 5.41) is 0. The van der Waals surface area contributed by atoms with Crippen LogP contribution in [0.15, 0.2) is 48.5 Å². The molecule has 0 unspecified atom stereocenters. The van der Waals surface area contributed by atoms with Gasteiger partial charge in [0.1, 0.15) is 11.5 Å². The highest BCUT2D eigenvalue weighted by Crippen LogP contribution is 2.29. The quantitative estimate of drug-likeness (QED) is 0.141. The van der Waals surface area contributed by atoms with Gasteiger partial charge in [0.15, 0.2) is 6.29 Å². The smallest absolute Gasteiger partial charge is 0.343 e. The highest BCUT2D eigenvalue weighted by Gasteiger charge is 2.23. The topological polar surface area (TPSA) is 54.0 Å². The molecule has 0 saturated carbocycles. The first-order chi connectivity index (χ1) is 17.6. The lowest BCUT2D eigenvalue weighted by atomic mass is 10.0. The molecule has 0 amide bonds. The van der Waals surface area contributed by atoms with Gasteiger partial charge in [-0.1, -0.05) is 84.3 Å². The molecule has 2 aromatic carbocycles. The van der Waals surface area contributed by atoms with Crippen molar-refractivity contribution < 1.29 is 23.7 Å². The highest BCUT2D eigenvalue weighted by atomic mass is 16.7. The summed E-state index contributed by atoms with van der Waals surface area (Å²) in [6, 6.07) is 14.4. The summed E-state index contributed by atoms with van der Waals surface area (Å²) in [5.74, 6) is 1.83. The third-order valence-corrected chi connectivity index (χ3v) is 6.87. The van der Waals surface area contributed by atoms with E-state index in [-0.39, 0.29) is 6.29 Å². The number of carbonyl (C=O) groups is 1. The average molecular weight is 497 g/mol. The van der Waals surface area contributed by atoms with Crippen LogP contribution < -0.4 is 9.47 Å². The van der Waals surface area contributed by atoms with Crippen LogP contribution in [-0.4, -0.2) is 25.8 Å². The minimum Gasteiger partial charge on any atom is -0.493 e. The van der Waals surface area contributed by atoms with E-state index in [1.54, 1.807) is 36.4 Å². The van der Waals surface area contributed by atoms with Gasteiger partial charge in [-0.15, -0.1) is 0 Å². The Morgan fingerprint density at radius 2 is 1.47 bits per heavy atom. The Morgan fingerprint density at radius 1 is 0.861 bits per heavy atom. The molecule has 1 fully saturated rings. The zero-order chi connectivity index (χ0) is 25.6. The standard InChI is InChI=1S/C31H44O5/c1-4-6-7-8-9-10-11-12-25-22-34-31(35-23-25)27-15-19-29(20-16-27)36-30(32)26-13-17-28(18-14-26)33-21-24(3)5-2/h13-20,24-25,31H,4-12,21-23H2,1-3H3/t24-,25?,31?/m0/s1. The summed E-state index contributed by atoms with van der Waals surface area (Å²) in [5.41, 5.74) is 1.42. The van der Waals surface area contributed by atoms with Crippen LogP contribution in [0.4, 0.5) is 0 Å². The molecule has 1 atom stereocenters. The molecule has 198 valence electrons. The van der Waals surface area contributed by atoms with Crippen molar-refractivity contribution in [2.45, 2.75) is 84.8 Å². The minimum absolute atomic E-state index is 0.358. The normalized spacial score (nSPS) is 18.5. The zero-order valence-electron chi connectivity index (χ0n) is 22.4. The van der Waals surface area contributed by atoms with Crippen LogP contribution in [0.1, 0.15) is 101 Å². The van der Waals surface area contributed by atoms with E-state index >= 15 is 0 Å².